The summed E-state index contributed by atoms with van der Waals surface area (Å²) in [6.45, 7) is 6.56. The van der Waals surface area contributed by atoms with Crippen LogP contribution in [-0.4, -0.2) is 30.7 Å². The summed E-state index contributed by atoms with van der Waals surface area (Å²) in [4.78, 5) is 0. The van der Waals surface area contributed by atoms with Gasteiger partial charge in [-0.25, -0.2) is 0 Å². The molecular weight excluding hydrogens is 399 g/mol. The van der Waals surface area contributed by atoms with Crippen molar-refractivity contribution in [1.29, 1.82) is 0 Å². The normalized spacial score (nSPS) is 10.9. The van der Waals surface area contributed by atoms with E-state index in [0.717, 1.165) is 13.2 Å². The van der Waals surface area contributed by atoms with Gasteiger partial charge < -0.3 is 6.16 Å². The van der Waals surface area contributed by atoms with E-state index in [2.05, 4.69) is 13.8 Å². The molecule has 0 radical (unpaired) electrons. The molecule has 5 nitrogen and oxygen atoms in total. The smallest absolute Gasteiger partial charge is 1.00 e. The summed E-state index contributed by atoms with van der Waals surface area (Å²) in [5.41, 5.74) is 0. The minimum atomic E-state index is -4.67. The molecule has 0 aliphatic carbocycles. The average molecular weight is 449 g/mol. The third-order valence-electron chi connectivity index (χ3n) is 4.78. The first kappa shape index (κ1) is 34.4. The fourth-order valence-electron chi connectivity index (χ4n) is 3.13. The molecule has 0 aromatic rings. The van der Waals surface area contributed by atoms with Crippen molar-refractivity contribution in [2.24, 2.45) is 0 Å². The van der Waals surface area contributed by atoms with Crippen LogP contribution in [0.15, 0.2) is 0 Å². The van der Waals surface area contributed by atoms with Crippen molar-refractivity contribution in [1.82, 2.24) is 0 Å². The molecule has 174 valence electrons. The van der Waals surface area contributed by atoms with E-state index in [1.165, 1.54) is 116 Å². The summed E-state index contributed by atoms with van der Waals surface area (Å²) in [7, 11) is -4.67. The first-order valence-corrected chi connectivity index (χ1v) is 13.1. The summed E-state index contributed by atoms with van der Waals surface area (Å²) in [6, 6.07) is 0. The van der Waals surface area contributed by atoms with Crippen LogP contribution in [-0.2, 0) is 15.1 Å². The monoisotopic (exact) mass is 448 g/mol. The third-order valence-corrected chi connectivity index (χ3v) is 4.78. The fourth-order valence-corrected chi connectivity index (χ4v) is 3.13. The molecule has 0 bridgehead atoms. The largest absolute Gasteiger partial charge is 1.00 e. The Kier molecular flexibility index (Phi) is 34.2. The maximum absolute atomic E-state index is 8.74. The Bertz CT molecular complexity index is 356. The molecule has 2 N–H and O–H groups in total. The van der Waals surface area contributed by atoms with Crippen LogP contribution in [0.5, 0.6) is 0 Å². The Labute approximate surface area is 205 Å². The van der Waals surface area contributed by atoms with E-state index in [-0.39, 0.29) is 31.0 Å². The molecule has 7 heteroatoms. The van der Waals surface area contributed by atoms with Crippen molar-refractivity contribution < 1.29 is 53.2 Å². The molecular formula is C22H49NaO5S. The zero-order valence-corrected chi connectivity index (χ0v) is 22.5. The number of unbranched alkanes of at least 4 members (excludes halogenated alkanes) is 16. The Balaban J connectivity index is -0.000000429. The summed E-state index contributed by atoms with van der Waals surface area (Å²) < 4.78 is 37.3. The Morgan fingerprint density at radius 2 is 0.759 bits per heavy atom. The summed E-state index contributed by atoms with van der Waals surface area (Å²) in [6.07, 6.45) is 25.2. The fraction of sp³-hybridized carbons (Fsp3) is 1.00. The predicted octanol–water partition coefficient (Wildman–Crippen LogP) is 4.53. The molecule has 0 aliphatic rings. The van der Waals surface area contributed by atoms with Crippen LogP contribution < -0.4 is 29.6 Å². The van der Waals surface area contributed by atoms with Gasteiger partial charge in [-0.2, -0.15) is 8.42 Å². The van der Waals surface area contributed by atoms with Gasteiger partial charge in [-0.05, 0) is 12.8 Å². The Morgan fingerprint density at radius 3 is 1.00 bits per heavy atom. The van der Waals surface area contributed by atoms with Gasteiger partial charge >= 0.3 is 40.0 Å². The average Bonchev–Trinajstić information content (AvgIpc) is 2.62. The minimum Gasteiger partial charge on any atom is -1.00 e. The van der Waals surface area contributed by atoms with Gasteiger partial charge in [0.25, 0.3) is 0 Å². The topological polar surface area (TPSA) is 83.8 Å². The number of hydrogen-bond acceptors (Lipinski definition) is 3. The van der Waals surface area contributed by atoms with Crippen LogP contribution in [0.4, 0.5) is 0 Å². The second kappa shape index (κ2) is 28.8. The number of rotatable bonds is 20. The van der Waals surface area contributed by atoms with Crippen molar-refractivity contribution in [2.75, 3.05) is 13.2 Å². The summed E-state index contributed by atoms with van der Waals surface area (Å²) in [5.74, 6) is 0. The van der Waals surface area contributed by atoms with Crippen LogP contribution in [0.3, 0.4) is 0 Å². The zero-order chi connectivity index (χ0) is 21.3. The maximum atomic E-state index is 8.74. The molecule has 0 rings (SSSR count). The molecule has 0 saturated carbocycles. The van der Waals surface area contributed by atoms with Gasteiger partial charge in [-0.3, -0.25) is 9.11 Å². The zero-order valence-electron chi connectivity index (χ0n) is 20.7. The molecule has 0 amide bonds. The van der Waals surface area contributed by atoms with Gasteiger partial charge in [-0.1, -0.05) is 117 Å². The molecule has 0 unspecified atom stereocenters. The first-order valence-electron chi connectivity index (χ1n) is 11.7. The summed E-state index contributed by atoms with van der Waals surface area (Å²) in [5, 5.41) is 0. The van der Waals surface area contributed by atoms with Crippen LogP contribution in [0, 0.1) is 0 Å². The maximum Gasteiger partial charge on any atom is 1.00 e. The van der Waals surface area contributed by atoms with Gasteiger partial charge in [0.1, 0.15) is 0 Å². The molecule has 0 spiro atoms. The van der Waals surface area contributed by atoms with E-state index in [1.807, 2.05) is 0 Å². The van der Waals surface area contributed by atoms with Crippen molar-refractivity contribution in [3.05, 3.63) is 0 Å². The molecule has 0 fully saturated rings. The van der Waals surface area contributed by atoms with Gasteiger partial charge in [0.2, 0.25) is 0 Å². The van der Waals surface area contributed by atoms with E-state index in [1.54, 1.807) is 0 Å². The molecule has 29 heavy (non-hydrogen) atoms. The SMILES string of the molecule is CCCCCCCCCCCOCCCCCCCCCCC.O=S(=O)(O)O.[H-].[Na+]. The van der Waals surface area contributed by atoms with E-state index < -0.39 is 10.4 Å². The second-order valence-corrected chi connectivity index (χ2v) is 8.61. The van der Waals surface area contributed by atoms with Gasteiger partial charge in [0, 0.05) is 13.2 Å². The van der Waals surface area contributed by atoms with Crippen molar-refractivity contribution in [3.8, 4) is 0 Å². The van der Waals surface area contributed by atoms with Crippen molar-refractivity contribution >= 4 is 10.4 Å². The molecule has 0 aliphatic heterocycles. The van der Waals surface area contributed by atoms with Crippen LogP contribution in [0.2, 0.25) is 0 Å². The predicted molar refractivity (Wildman–Crippen MR) is 121 cm³/mol. The quantitative estimate of drug-likeness (QED) is 0.162. The standard InChI is InChI=1S/C22H46O.Na.H2O4S.H/c1-3-5-7-9-11-13-15-17-19-21-23-22-20-18-16-14-12-10-8-6-4-2;;1-5(2,3)4;/h3-22H2,1-2H3;;(H2,1,2,3,4);/q;+1;;-1. The van der Waals surface area contributed by atoms with Crippen molar-refractivity contribution in [3.63, 3.8) is 0 Å². The van der Waals surface area contributed by atoms with Crippen molar-refractivity contribution in [2.45, 2.75) is 129 Å². The minimum absolute atomic E-state index is 0. The molecule has 0 aromatic heterocycles. The van der Waals surface area contributed by atoms with Crippen LogP contribution >= 0.6 is 0 Å². The molecule has 0 aromatic carbocycles. The van der Waals surface area contributed by atoms with Gasteiger partial charge in [-0.15, -0.1) is 0 Å². The number of hydrogen-bond donors (Lipinski definition) is 2. The van der Waals surface area contributed by atoms with E-state index in [9.17, 15) is 0 Å². The Morgan fingerprint density at radius 1 is 0.552 bits per heavy atom. The molecule has 0 atom stereocenters. The number of ether oxygens (including phenoxy) is 1. The van der Waals surface area contributed by atoms with Gasteiger partial charge in [0.15, 0.2) is 0 Å². The van der Waals surface area contributed by atoms with E-state index in [4.69, 9.17) is 22.3 Å². The second-order valence-electron chi connectivity index (χ2n) is 7.72. The van der Waals surface area contributed by atoms with E-state index >= 15 is 0 Å². The Hall–Kier alpha value is 0.830. The first-order chi connectivity index (χ1) is 13.4. The third kappa shape index (κ3) is 47.8. The van der Waals surface area contributed by atoms with Crippen LogP contribution in [0.25, 0.3) is 0 Å². The van der Waals surface area contributed by atoms with E-state index in [0.29, 0.717) is 0 Å². The van der Waals surface area contributed by atoms with Gasteiger partial charge in [0.05, 0.1) is 0 Å². The summed E-state index contributed by atoms with van der Waals surface area (Å²) >= 11 is 0. The van der Waals surface area contributed by atoms with Crippen LogP contribution in [0.1, 0.15) is 131 Å². The molecule has 0 saturated heterocycles. The molecule has 0 heterocycles.